The SMILES string of the molecule is CN1CCC(NC(=O)N2CCSCC2C(=O)O)C1=O. The highest BCUT2D eigenvalue weighted by Crippen LogP contribution is 2.17. The first-order valence-electron chi connectivity index (χ1n) is 6.13. The van der Waals surface area contributed by atoms with Crippen LogP contribution < -0.4 is 5.32 Å². The van der Waals surface area contributed by atoms with Gasteiger partial charge in [0.2, 0.25) is 5.91 Å². The van der Waals surface area contributed by atoms with Crippen LogP contribution in [0.5, 0.6) is 0 Å². The molecule has 2 heterocycles. The molecule has 3 amide bonds. The van der Waals surface area contributed by atoms with Crippen molar-refractivity contribution in [3.05, 3.63) is 0 Å². The van der Waals surface area contributed by atoms with Crippen LogP contribution in [0.2, 0.25) is 0 Å². The van der Waals surface area contributed by atoms with Gasteiger partial charge in [-0.2, -0.15) is 11.8 Å². The molecule has 0 radical (unpaired) electrons. The van der Waals surface area contributed by atoms with E-state index in [2.05, 4.69) is 5.32 Å². The van der Waals surface area contributed by atoms with Gasteiger partial charge in [0.25, 0.3) is 0 Å². The zero-order chi connectivity index (χ0) is 14.0. The monoisotopic (exact) mass is 287 g/mol. The smallest absolute Gasteiger partial charge is 0.327 e. The molecule has 0 aliphatic carbocycles. The molecule has 0 spiro atoms. The van der Waals surface area contributed by atoms with Gasteiger partial charge < -0.3 is 20.2 Å². The molecule has 0 bridgehead atoms. The standard InChI is InChI=1S/C11H17N3O4S/c1-13-3-2-7(9(13)15)12-11(18)14-4-5-19-6-8(14)10(16)17/h7-8H,2-6H2,1H3,(H,12,18)(H,16,17). The van der Waals surface area contributed by atoms with E-state index in [4.69, 9.17) is 5.11 Å². The topological polar surface area (TPSA) is 90.0 Å². The van der Waals surface area contributed by atoms with E-state index < -0.39 is 24.1 Å². The maximum atomic E-state index is 12.1. The molecule has 2 aliphatic heterocycles. The van der Waals surface area contributed by atoms with Crippen LogP contribution in [0.3, 0.4) is 0 Å². The molecule has 2 aliphatic rings. The number of aliphatic carboxylic acids is 1. The summed E-state index contributed by atoms with van der Waals surface area (Å²) in [5, 5.41) is 11.7. The predicted octanol–water partition coefficient (Wildman–Crippen LogP) is -0.571. The summed E-state index contributed by atoms with van der Waals surface area (Å²) in [6.45, 7) is 1.01. The van der Waals surface area contributed by atoms with Crippen LogP contribution >= 0.6 is 11.8 Å². The number of carboxylic acid groups (broad SMARTS) is 1. The number of urea groups is 1. The van der Waals surface area contributed by atoms with E-state index in [1.807, 2.05) is 0 Å². The molecule has 2 atom stereocenters. The number of amides is 3. The molecule has 0 aromatic heterocycles. The molecule has 8 heteroatoms. The van der Waals surface area contributed by atoms with Gasteiger partial charge in [0.15, 0.2) is 0 Å². The van der Waals surface area contributed by atoms with Crippen LogP contribution in [0.25, 0.3) is 0 Å². The molecule has 106 valence electrons. The van der Waals surface area contributed by atoms with E-state index in [1.165, 1.54) is 16.7 Å². The van der Waals surface area contributed by atoms with Crippen molar-refractivity contribution in [2.45, 2.75) is 18.5 Å². The first kappa shape index (κ1) is 14.0. The molecule has 19 heavy (non-hydrogen) atoms. The molecule has 2 saturated heterocycles. The Kier molecular flexibility index (Phi) is 4.18. The summed E-state index contributed by atoms with van der Waals surface area (Å²) in [6.07, 6.45) is 0.571. The Balaban J connectivity index is 1.98. The van der Waals surface area contributed by atoms with E-state index in [9.17, 15) is 14.4 Å². The lowest BCUT2D eigenvalue weighted by molar-refractivity contribution is -0.141. The van der Waals surface area contributed by atoms with Crippen molar-refractivity contribution in [2.24, 2.45) is 0 Å². The van der Waals surface area contributed by atoms with Gasteiger partial charge in [-0.3, -0.25) is 4.79 Å². The average Bonchev–Trinajstić information content (AvgIpc) is 2.70. The minimum atomic E-state index is -1.00. The number of likely N-dealkylation sites (N-methyl/N-ethyl adjacent to an activating group) is 1. The Bertz CT molecular complexity index is 403. The maximum Gasteiger partial charge on any atom is 0.327 e. The van der Waals surface area contributed by atoms with Gasteiger partial charge in [0.05, 0.1) is 0 Å². The Labute approximate surface area is 115 Å². The second-order valence-corrected chi connectivity index (χ2v) is 5.82. The van der Waals surface area contributed by atoms with Crippen molar-refractivity contribution in [2.75, 3.05) is 31.6 Å². The highest BCUT2D eigenvalue weighted by Gasteiger charge is 2.36. The van der Waals surface area contributed by atoms with Crippen LogP contribution in [0.1, 0.15) is 6.42 Å². The maximum absolute atomic E-state index is 12.1. The quantitative estimate of drug-likeness (QED) is 0.710. The van der Waals surface area contributed by atoms with Crippen LogP contribution in [-0.4, -0.2) is 76.5 Å². The fourth-order valence-electron chi connectivity index (χ4n) is 2.24. The van der Waals surface area contributed by atoms with E-state index in [0.29, 0.717) is 25.3 Å². The first-order chi connectivity index (χ1) is 9.00. The van der Waals surface area contributed by atoms with Gasteiger partial charge >= 0.3 is 12.0 Å². The third-order valence-electron chi connectivity index (χ3n) is 3.40. The highest BCUT2D eigenvalue weighted by atomic mass is 32.2. The molecule has 2 rings (SSSR count). The summed E-state index contributed by atoms with van der Waals surface area (Å²) in [6, 6.07) is -1.80. The summed E-state index contributed by atoms with van der Waals surface area (Å²) in [5.41, 5.74) is 0. The Morgan fingerprint density at radius 2 is 2.16 bits per heavy atom. The fourth-order valence-corrected chi connectivity index (χ4v) is 3.28. The first-order valence-corrected chi connectivity index (χ1v) is 7.29. The second-order valence-electron chi connectivity index (χ2n) is 4.67. The van der Waals surface area contributed by atoms with Gasteiger partial charge in [-0.1, -0.05) is 0 Å². The van der Waals surface area contributed by atoms with Gasteiger partial charge in [-0.15, -0.1) is 0 Å². The zero-order valence-electron chi connectivity index (χ0n) is 10.7. The normalized spacial score (nSPS) is 27.5. The van der Waals surface area contributed by atoms with Crippen LogP contribution in [-0.2, 0) is 9.59 Å². The van der Waals surface area contributed by atoms with Crippen LogP contribution in [0.15, 0.2) is 0 Å². The summed E-state index contributed by atoms with van der Waals surface area (Å²) >= 11 is 1.52. The van der Waals surface area contributed by atoms with Crippen molar-refractivity contribution < 1.29 is 19.5 Å². The van der Waals surface area contributed by atoms with E-state index in [0.717, 1.165) is 5.75 Å². The fraction of sp³-hybridized carbons (Fsp3) is 0.727. The zero-order valence-corrected chi connectivity index (χ0v) is 11.5. The third kappa shape index (κ3) is 2.94. The highest BCUT2D eigenvalue weighted by molar-refractivity contribution is 7.99. The van der Waals surface area contributed by atoms with Gasteiger partial charge in [0.1, 0.15) is 12.1 Å². The lowest BCUT2D eigenvalue weighted by Crippen LogP contribution is -2.56. The van der Waals surface area contributed by atoms with E-state index >= 15 is 0 Å². The third-order valence-corrected chi connectivity index (χ3v) is 4.42. The number of nitrogens with zero attached hydrogens (tertiary/aromatic N) is 2. The van der Waals surface area contributed by atoms with Crippen molar-refractivity contribution in [1.82, 2.24) is 15.1 Å². The summed E-state index contributed by atoms with van der Waals surface area (Å²) in [4.78, 5) is 37.8. The van der Waals surface area contributed by atoms with Gasteiger partial charge in [-0.25, -0.2) is 9.59 Å². The van der Waals surface area contributed by atoms with Crippen molar-refractivity contribution >= 4 is 29.7 Å². The lowest BCUT2D eigenvalue weighted by Gasteiger charge is -2.33. The minimum absolute atomic E-state index is 0.119. The number of nitrogens with one attached hydrogen (secondary N) is 1. The number of carboxylic acids is 1. The minimum Gasteiger partial charge on any atom is -0.480 e. The van der Waals surface area contributed by atoms with Gasteiger partial charge in [0, 0.05) is 31.6 Å². The molecule has 2 N–H and O–H groups in total. The Morgan fingerprint density at radius 1 is 1.42 bits per heavy atom. The molecule has 0 aromatic rings. The molecule has 2 unspecified atom stereocenters. The number of carbonyl (C=O) groups excluding carboxylic acids is 2. The number of rotatable bonds is 2. The molecule has 7 nitrogen and oxygen atoms in total. The molecular weight excluding hydrogens is 270 g/mol. The lowest BCUT2D eigenvalue weighted by atomic mass is 10.2. The average molecular weight is 287 g/mol. The molecule has 0 aromatic carbocycles. The summed E-state index contributed by atoms with van der Waals surface area (Å²) in [5.74, 6) is -0.0133. The van der Waals surface area contributed by atoms with Crippen molar-refractivity contribution in [3.63, 3.8) is 0 Å². The van der Waals surface area contributed by atoms with Crippen molar-refractivity contribution in [1.29, 1.82) is 0 Å². The summed E-state index contributed by atoms with van der Waals surface area (Å²) < 4.78 is 0. The Morgan fingerprint density at radius 3 is 2.74 bits per heavy atom. The van der Waals surface area contributed by atoms with Gasteiger partial charge in [-0.05, 0) is 6.42 Å². The summed E-state index contributed by atoms with van der Waals surface area (Å²) in [7, 11) is 1.69. The van der Waals surface area contributed by atoms with Crippen LogP contribution in [0.4, 0.5) is 4.79 Å². The van der Waals surface area contributed by atoms with E-state index in [1.54, 1.807) is 11.9 Å². The number of likely N-dealkylation sites (tertiary alicyclic amines) is 1. The van der Waals surface area contributed by atoms with Crippen LogP contribution in [0, 0.1) is 0 Å². The molecule has 2 fully saturated rings. The predicted molar refractivity (Wildman–Crippen MR) is 70.0 cm³/mol. The number of hydrogen-bond donors (Lipinski definition) is 2. The van der Waals surface area contributed by atoms with E-state index in [-0.39, 0.29) is 5.91 Å². The van der Waals surface area contributed by atoms with Crippen molar-refractivity contribution in [3.8, 4) is 0 Å². The second kappa shape index (κ2) is 5.68. The number of thioether (sulfide) groups is 1. The largest absolute Gasteiger partial charge is 0.480 e. The molecular formula is C11H17N3O4S. The Hall–Kier alpha value is -1.44. The number of hydrogen-bond acceptors (Lipinski definition) is 4. The number of carbonyl (C=O) groups is 3. The molecule has 0 saturated carbocycles.